The molecule has 0 aliphatic heterocycles. The van der Waals surface area contributed by atoms with E-state index in [0.717, 1.165) is 25.7 Å². The third-order valence-electron chi connectivity index (χ3n) is 4.08. The van der Waals surface area contributed by atoms with E-state index in [9.17, 15) is 10.2 Å². The molecule has 0 saturated heterocycles. The highest BCUT2D eigenvalue weighted by Crippen LogP contribution is 2.34. The molecule has 1 saturated carbocycles. The van der Waals surface area contributed by atoms with E-state index < -0.39 is 5.54 Å². The van der Waals surface area contributed by atoms with Gasteiger partial charge in [-0.15, -0.1) is 0 Å². The number of nitrogens with two attached hydrogens (primary N) is 1. The van der Waals surface area contributed by atoms with Gasteiger partial charge >= 0.3 is 0 Å². The smallest absolute Gasteiger partial charge is 0.247 e. The summed E-state index contributed by atoms with van der Waals surface area (Å²) in [5.74, 6) is 0.429. The van der Waals surface area contributed by atoms with E-state index in [4.69, 9.17) is 10.3 Å². The van der Waals surface area contributed by atoms with Crippen molar-refractivity contribution in [2.45, 2.75) is 44.1 Å². The van der Waals surface area contributed by atoms with Crippen LogP contribution < -0.4 is 5.73 Å². The fourth-order valence-corrected chi connectivity index (χ4v) is 2.78. The molecule has 0 spiro atoms. The molecule has 0 atom stereocenters. The molecule has 1 aromatic heterocycles. The fourth-order valence-electron chi connectivity index (χ4n) is 2.78. The maximum Gasteiger partial charge on any atom is 0.247 e. The van der Waals surface area contributed by atoms with Crippen LogP contribution in [0, 0.1) is 0 Å². The van der Waals surface area contributed by atoms with Crippen LogP contribution in [0.4, 0.5) is 0 Å². The van der Waals surface area contributed by atoms with Crippen LogP contribution in [0.3, 0.4) is 0 Å². The summed E-state index contributed by atoms with van der Waals surface area (Å²) in [7, 11) is 0. The van der Waals surface area contributed by atoms with Crippen molar-refractivity contribution in [2.24, 2.45) is 5.73 Å². The molecule has 6 nitrogen and oxygen atoms in total. The van der Waals surface area contributed by atoms with E-state index in [1.807, 2.05) is 0 Å². The molecule has 0 amide bonds. The van der Waals surface area contributed by atoms with Gasteiger partial charge in [0.1, 0.15) is 0 Å². The van der Waals surface area contributed by atoms with Gasteiger partial charge in [0.05, 0.1) is 5.54 Å². The van der Waals surface area contributed by atoms with Crippen molar-refractivity contribution < 1.29 is 14.7 Å². The number of phenols is 2. The van der Waals surface area contributed by atoms with Crippen molar-refractivity contribution in [2.75, 3.05) is 0 Å². The van der Waals surface area contributed by atoms with E-state index in [0.29, 0.717) is 17.3 Å². The lowest BCUT2D eigenvalue weighted by Gasteiger charge is -2.22. The first-order chi connectivity index (χ1) is 10.1. The molecule has 0 bridgehead atoms. The van der Waals surface area contributed by atoms with E-state index in [-0.39, 0.29) is 11.5 Å². The number of aromatic nitrogens is 2. The van der Waals surface area contributed by atoms with Crippen LogP contribution in [0.1, 0.15) is 44.4 Å². The lowest BCUT2D eigenvalue weighted by atomic mass is 9.91. The molecule has 1 aliphatic carbocycles. The molecule has 21 heavy (non-hydrogen) atoms. The van der Waals surface area contributed by atoms with Gasteiger partial charge in [0.15, 0.2) is 11.5 Å². The van der Waals surface area contributed by atoms with Crippen LogP contribution in [0.25, 0.3) is 11.4 Å². The van der Waals surface area contributed by atoms with Gasteiger partial charge in [-0.2, -0.15) is 4.98 Å². The monoisotopic (exact) mass is 289 g/mol. The standard InChI is InChI=1S/C15H19N3O3/c16-15(7-3-1-2-4-8-15)14-17-13(18-21-14)10-5-6-11(19)12(20)9-10/h5-6,9,19-20H,1-4,7-8,16H2. The molecular formula is C15H19N3O3. The lowest BCUT2D eigenvalue weighted by molar-refractivity contribution is 0.257. The number of hydrogen-bond donors (Lipinski definition) is 3. The molecule has 1 aromatic carbocycles. The predicted molar refractivity (Wildman–Crippen MR) is 76.6 cm³/mol. The zero-order valence-corrected chi connectivity index (χ0v) is 11.7. The van der Waals surface area contributed by atoms with Gasteiger partial charge in [0.25, 0.3) is 0 Å². The number of benzene rings is 1. The van der Waals surface area contributed by atoms with E-state index in [1.54, 1.807) is 6.07 Å². The maximum atomic E-state index is 9.54. The van der Waals surface area contributed by atoms with Gasteiger partial charge in [0.2, 0.25) is 11.7 Å². The second-order valence-electron chi connectivity index (χ2n) is 5.70. The number of nitrogens with zero attached hydrogens (tertiary/aromatic N) is 2. The SMILES string of the molecule is NC1(c2nc(-c3ccc(O)c(O)c3)no2)CCCCCC1. The zero-order chi connectivity index (χ0) is 14.9. The Morgan fingerprint density at radius 1 is 1.05 bits per heavy atom. The van der Waals surface area contributed by atoms with Gasteiger partial charge in [-0.1, -0.05) is 30.8 Å². The van der Waals surface area contributed by atoms with Crippen LogP contribution in [-0.2, 0) is 5.54 Å². The van der Waals surface area contributed by atoms with E-state index in [1.165, 1.54) is 25.0 Å². The second kappa shape index (κ2) is 5.37. The Morgan fingerprint density at radius 2 is 1.76 bits per heavy atom. The van der Waals surface area contributed by atoms with Crippen molar-refractivity contribution >= 4 is 0 Å². The first-order valence-corrected chi connectivity index (χ1v) is 7.24. The quantitative estimate of drug-likeness (QED) is 0.579. The van der Waals surface area contributed by atoms with Crippen molar-refractivity contribution in [1.82, 2.24) is 10.1 Å². The van der Waals surface area contributed by atoms with Crippen LogP contribution in [-0.4, -0.2) is 20.4 Å². The molecule has 0 radical (unpaired) electrons. The summed E-state index contributed by atoms with van der Waals surface area (Å²) >= 11 is 0. The van der Waals surface area contributed by atoms with Crippen LogP contribution in [0.2, 0.25) is 0 Å². The Labute approximate surface area is 122 Å². The molecule has 6 heteroatoms. The van der Waals surface area contributed by atoms with Gasteiger partial charge in [0, 0.05) is 5.56 Å². The first-order valence-electron chi connectivity index (χ1n) is 7.24. The molecule has 112 valence electrons. The van der Waals surface area contributed by atoms with E-state index in [2.05, 4.69) is 10.1 Å². The average molecular weight is 289 g/mol. The normalized spacial score (nSPS) is 18.3. The minimum Gasteiger partial charge on any atom is -0.504 e. The molecular weight excluding hydrogens is 270 g/mol. The number of phenolic OH excluding ortho intramolecular Hbond substituents is 2. The van der Waals surface area contributed by atoms with Crippen molar-refractivity contribution in [3.63, 3.8) is 0 Å². The predicted octanol–water partition coefficient (Wildman–Crippen LogP) is 2.66. The molecule has 2 aromatic rings. The Morgan fingerprint density at radius 3 is 2.43 bits per heavy atom. The summed E-state index contributed by atoms with van der Waals surface area (Å²) in [5.41, 5.74) is 6.47. The highest BCUT2D eigenvalue weighted by molar-refractivity contribution is 5.60. The number of hydrogen-bond acceptors (Lipinski definition) is 6. The number of rotatable bonds is 2. The minimum absolute atomic E-state index is 0.179. The van der Waals surface area contributed by atoms with Gasteiger partial charge in [-0.05, 0) is 31.0 Å². The van der Waals surface area contributed by atoms with E-state index >= 15 is 0 Å². The number of aromatic hydroxyl groups is 2. The minimum atomic E-state index is -0.555. The third-order valence-corrected chi connectivity index (χ3v) is 4.08. The maximum absolute atomic E-state index is 9.54. The summed E-state index contributed by atoms with van der Waals surface area (Å²) in [6, 6.07) is 4.42. The van der Waals surface area contributed by atoms with Crippen molar-refractivity contribution in [3.8, 4) is 22.9 Å². The molecule has 3 rings (SSSR count). The van der Waals surface area contributed by atoms with Crippen LogP contribution in [0.5, 0.6) is 11.5 Å². The summed E-state index contributed by atoms with van der Waals surface area (Å²) in [5, 5.41) is 22.8. The Hall–Kier alpha value is -2.08. The third kappa shape index (κ3) is 2.71. The Balaban J connectivity index is 1.90. The average Bonchev–Trinajstić information content (AvgIpc) is 2.86. The summed E-state index contributed by atoms with van der Waals surface area (Å²) < 4.78 is 5.36. The summed E-state index contributed by atoms with van der Waals surface area (Å²) in [6.07, 6.45) is 6.19. The molecule has 4 N–H and O–H groups in total. The summed E-state index contributed by atoms with van der Waals surface area (Å²) in [4.78, 5) is 4.39. The van der Waals surface area contributed by atoms with Crippen LogP contribution >= 0.6 is 0 Å². The molecule has 1 aliphatic rings. The van der Waals surface area contributed by atoms with Crippen molar-refractivity contribution in [3.05, 3.63) is 24.1 Å². The lowest BCUT2D eigenvalue weighted by Crippen LogP contribution is -2.36. The molecule has 1 fully saturated rings. The largest absolute Gasteiger partial charge is 0.504 e. The Bertz CT molecular complexity index is 631. The summed E-state index contributed by atoms with van der Waals surface area (Å²) in [6.45, 7) is 0. The fraction of sp³-hybridized carbons (Fsp3) is 0.467. The molecule has 1 heterocycles. The topological polar surface area (TPSA) is 105 Å². The highest BCUT2D eigenvalue weighted by atomic mass is 16.5. The van der Waals surface area contributed by atoms with Gasteiger partial charge in [-0.25, -0.2) is 0 Å². The van der Waals surface area contributed by atoms with Crippen LogP contribution in [0.15, 0.2) is 22.7 Å². The van der Waals surface area contributed by atoms with Gasteiger partial charge < -0.3 is 20.5 Å². The zero-order valence-electron chi connectivity index (χ0n) is 11.7. The first kappa shape index (κ1) is 13.9. The van der Waals surface area contributed by atoms with Gasteiger partial charge in [-0.3, -0.25) is 0 Å². The second-order valence-corrected chi connectivity index (χ2v) is 5.70. The Kier molecular flexibility index (Phi) is 3.55. The molecule has 0 unspecified atom stereocenters. The van der Waals surface area contributed by atoms with Crippen molar-refractivity contribution in [1.29, 1.82) is 0 Å². The highest BCUT2D eigenvalue weighted by Gasteiger charge is 2.34.